The molecule has 3 rings (SSSR count). The lowest BCUT2D eigenvalue weighted by Crippen LogP contribution is -2.42. The molecule has 1 atom stereocenters. The van der Waals surface area contributed by atoms with Gasteiger partial charge in [-0.05, 0) is 42.1 Å². The standard InChI is InChI=1S/C18H18N2O3S/c1-13-6-2-3-7-14(13)20-17(21)19-12-18(22,15-8-4-10-23-15)16-9-5-11-24-16/h2-11,22H,12H2,1H3,(H2,19,20,21)/t18-/m1/s1. The maximum absolute atomic E-state index is 12.2. The lowest BCUT2D eigenvalue weighted by atomic mass is 9.99. The molecule has 124 valence electrons. The van der Waals surface area contributed by atoms with Gasteiger partial charge in [-0.25, -0.2) is 4.79 Å². The molecule has 0 saturated heterocycles. The van der Waals surface area contributed by atoms with Crippen LogP contribution in [-0.4, -0.2) is 17.7 Å². The third-order valence-corrected chi connectivity index (χ3v) is 4.78. The molecule has 0 fully saturated rings. The van der Waals surface area contributed by atoms with Gasteiger partial charge in [0.1, 0.15) is 5.76 Å². The van der Waals surface area contributed by atoms with Crippen LogP contribution in [0.3, 0.4) is 0 Å². The predicted octanol–water partition coefficient (Wildman–Crippen LogP) is 3.71. The summed E-state index contributed by atoms with van der Waals surface area (Å²) in [6, 6.07) is 14.2. The van der Waals surface area contributed by atoms with Gasteiger partial charge in [-0.1, -0.05) is 24.3 Å². The smallest absolute Gasteiger partial charge is 0.319 e. The summed E-state index contributed by atoms with van der Waals surface area (Å²) in [5, 5.41) is 18.5. The van der Waals surface area contributed by atoms with Crippen LogP contribution in [0.2, 0.25) is 0 Å². The zero-order chi connectivity index (χ0) is 17.0. The molecule has 0 unspecified atom stereocenters. The molecule has 2 heterocycles. The van der Waals surface area contributed by atoms with Crippen LogP contribution in [0.25, 0.3) is 0 Å². The first-order valence-electron chi connectivity index (χ1n) is 7.50. The quantitative estimate of drug-likeness (QED) is 0.662. The lowest BCUT2D eigenvalue weighted by molar-refractivity contribution is 0.0628. The van der Waals surface area contributed by atoms with Gasteiger partial charge in [-0.2, -0.15) is 0 Å². The van der Waals surface area contributed by atoms with Crippen molar-refractivity contribution in [1.29, 1.82) is 0 Å². The van der Waals surface area contributed by atoms with Crippen LogP contribution in [0.4, 0.5) is 10.5 Å². The van der Waals surface area contributed by atoms with E-state index in [9.17, 15) is 9.90 Å². The van der Waals surface area contributed by atoms with Crippen molar-refractivity contribution in [1.82, 2.24) is 5.32 Å². The fourth-order valence-electron chi connectivity index (χ4n) is 2.41. The van der Waals surface area contributed by atoms with Gasteiger partial charge in [0.2, 0.25) is 0 Å². The van der Waals surface area contributed by atoms with Gasteiger partial charge < -0.3 is 20.2 Å². The van der Waals surface area contributed by atoms with Gasteiger partial charge in [-0.3, -0.25) is 0 Å². The number of hydrogen-bond acceptors (Lipinski definition) is 4. The Balaban J connectivity index is 1.73. The average Bonchev–Trinajstić information content (AvgIpc) is 3.28. The molecule has 1 aromatic carbocycles. The average molecular weight is 342 g/mol. The Morgan fingerprint density at radius 1 is 1.21 bits per heavy atom. The molecule has 3 aromatic rings. The van der Waals surface area contributed by atoms with Crippen molar-refractivity contribution >= 4 is 23.1 Å². The Bertz CT molecular complexity index is 763. The predicted molar refractivity (Wildman–Crippen MR) is 94.2 cm³/mol. The maximum atomic E-state index is 12.2. The number of aryl methyl sites for hydroxylation is 1. The molecule has 0 aliphatic carbocycles. The fraction of sp³-hybridized carbons (Fsp3) is 0.167. The molecule has 0 radical (unpaired) electrons. The van der Waals surface area contributed by atoms with Crippen LogP contribution < -0.4 is 10.6 Å². The van der Waals surface area contributed by atoms with E-state index in [2.05, 4.69) is 10.6 Å². The molecule has 0 spiro atoms. The number of aliphatic hydroxyl groups is 1. The highest BCUT2D eigenvalue weighted by Crippen LogP contribution is 2.32. The van der Waals surface area contributed by atoms with E-state index in [-0.39, 0.29) is 12.6 Å². The van der Waals surface area contributed by atoms with Crippen LogP contribution in [-0.2, 0) is 5.60 Å². The van der Waals surface area contributed by atoms with Crippen molar-refractivity contribution in [3.05, 3.63) is 76.4 Å². The molecule has 2 amide bonds. The third-order valence-electron chi connectivity index (χ3n) is 3.76. The number of carbonyl (C=O) groups is 1. The first-order valence-corrected chi connectivity index (χ1v) is 8.38. The molecular weight excluding hydrogens is 324 g/mol. The summed E-state index contributed by atoms with van der Waals surface area (Å²) < 4.78 is 5.38. The maximum Gasteiger partial charge on any atom is 0.319 e. The summed E-state index contributed by atoms with van der Waals surface area (Å²) in [6.45, 7) is 1.92. The number of anilines is 1. The number of nitrogens with one attached hydrogen (secondary N) is 2. The molecule has 0 aliphatic rings. The molecule has 0 aliphatic heterocycles. The van der Waals surface area contributed by atoms with Crippen LogP contribution in [0, 0.1) is 6.92 Å². The van der Waals surface area contributed by atoms with Crippen molar-refractivity contribution in [3.8, 4) is 0 Å². The molecular formula is C18H18N2O3S. The number of thiophene rings is 1. The normalized spacial score (nSPS) is 13.2. The summed E-state index contributed by atoms with van der Waals surface area (Å²) in [5.41, 5.74) is 0.292. The minimum atomic E-state index is -1.40. The summed E-state index contributed by atoms with van der Waals surface area (Å²) in [4.78, 5) is 12.9. The van der Waals surface area contributed by atoms with Gasteiger partial charge in [0.15, 0.2) is 5.60 Å². The lowest BCUT2D eigenvalue weighted by Gasteiger charge is -2.25. The van der Waals surface area contributed by atoms with E-state index in [1.54, 1.807) is 12.1 Å². The summed E-state index contributed by atoms with van der Waals surface area (Å²) in [6.07, 6.45) is 1.50. The SMILES string of the molecule is Cc1ccccc1NC(=O)NC[C@@](O)(c1ccco1)c1cccs1. The Morgan fingerprint density at radius 3 is 2.71 bits per heavy atom. The molecule has 6 heteroatoms. The minimum absolute atomic E-state index is 0.00125. The fourth-order valence-corrected chi connectivity index (χ4v) is 3.24. The Kier molecular flexibility index (Phi) is 4.69. The molecule has 24 heavy (non-hydrogen) atoms. The Hall–Kier alpha value is -2.57. The minimum Gasteiger partial charge on any atom is -0.466 e. The number of benzene rings is 1. The van der Waals surface area contributed by atoms with Gasteiger partial charge >= 0.3 is 6.03 Å². The zero-order valence-electron chi connectivity index (χ0n) is 13.2. The van der Waals surface area contributed by atoms with E-state index in [0.717, 1.165) is 11.3 Å². The topological polar surface area (TPSA) is 74.5 Å². The number of amides is 2. The van der Waals surface area contributed by atoms with Gasteiger partial charge in [0.25, 0.3) is 0 Å². The molecule has 0 bridgehead atoms. The molecule has 2 aromatic heterocycles. The highest BCUT2D eigenvalue weighted by Gasteiger charge is 2.36. The van der Waals surface area contributed by atoms with Crippen LogP contribution in [0.5, 0.6) is 0 Å². The van der Waals surface area contributed by atoms with Crippen LogP contribution in [0.15, 0.2) is 64.6 Å². The Morgan fingerprint density at radius 2 is 2.04 bits per heavy atom. The first kappa shape index (κ1) is 16.3. The van der Waals surface area contributed by atoms with Crippen molar-refractivity contribution in [3.63, 3.8) is 0 Å². The number of carbonyl (C=O) groups excluding carboxylic acids is 1. The van der Waals surface area contributed by atoms with Crippen molar-refractivity contribution in [2.45, 2.75) is 12.5 Å². The second-order valence-electron chi connectivity index (χ2n) is 5.44. The summed E-state index contributed by atoms with van der Waals surface area (Å²) in [7, 11) is 0. The Labute approximate surface area is 143 Å². The molecule has 3 N–H and O–H groups in total. The highest BCUT2D eigenvalue weighted by molar-refractivity contribution is 7.10. The number of urea groups is 1. The number of hydrogen-bond donors (Lipinski definition) is 3. The van der Waals surface area contributed by atoms with Crippen LogP contribution >= 0.6 is 11.3 Å². The van der Waals surface area contributed by atoms with E-state index in [0.29, 0.717) is 10.6 Å². The molecule has 5 nitrogen and oxygen atoms in total. The number of furan rings is 1. The van der Waals surface area contributed by atoms with E-state index >= 15 is 0 Å². The van der Waals surface area contributed by atoms with Gasteiger partial charge in [-0.15, -0.1) is 11.3 Å². The van der Waals surface area contributed by atoms with Crippen molar-refractivity contribution < 1.29 is 14.3 Å². The monoisotopic (exact) mass is 342 g/mol. The van der Waals surface area contributed by atoms with Crippen molar-refractivity contribution in [2.75, 3.05) is 11.9 Å². The van der Waals surface area contributed by atoms with Gasteiger partial charge in [0, 0.05) is 10.6 Å². The second kappa shape index (κ2) is 6.90. The van der Waals surface area contributed by atoms with E-state index in [4.69, 9.17) is 4.42 Å². The van der Waals surface area contributed by atoms with Crippen molar-refractivity contribution in [2.24, 2.45) is 0 Å². The largest absolute Gasteiger partial charge is 0.466 e. The van der Waals surface area contributed by atoms with Crippen LogP contribution in [0.1, 0.15) is 16.2 Å². The first-order chi connectivity index (χ1) is 11.6. The van der Waals surface area contributed by atoms with Gasteiger partial charge in [0.05, 0.1) is 12.8 Å². The van der Waals surface area contributed by atoms with E-state index < -0.39 is 5.60 Å². The van der Waals surface area contributed by atoms with E-state index in [1.165, 1.54) is 17.6 Å². The summed E-state index contributed by atoms with van der Waals surface area (Å²) in [5.74, 6) is 0.390. The molecule has 0 saturated carbocycles. The second-order valence-corrected chi connectivity index (χ2v) is 6.39. The third kappa shape index (κ3) is 3.34. The van der Waals surface area contributed by atoms with E-state index in [1.807, 2.05) is 48.7 Å². The number of para-hydroxylation sites is 1. The highest BCUT2D eigenvalue weighted by atomic mass is 32.1. The summed E-state index contributed by atoms with van der Waals surface area (Å²) >= 11 is 1.40. The number of rotatable bonds is 5. The zero-order valence-corrected chi connectivity index (χ0v) is 14.0.